The predicted molar refractivity (Wildman–Crippen MR) is 546 cm³/mol. The molecule has 604 valence electrons. The average Bonchev–Trinajstić information content (AvgIpc) is 1.52. The SMILES string of the molecule is c1ccc(C2(c3ccccc3)c3ccccc3-c3cc4c(cc32)c2cc(-c3ccc5c(c3)c3ccccc3n5-c3ccc5ccccc5c3)ccc2n4-c2cccc3ccccc23)cc1.c1ccc(C2(c3ccccc3)c3ccccc3-c3cc4c5cc(-c6ccc7c(c6)c6ccccc6n7-c6ccc7ccccc7c6)ccc5n(-c5cccc6ccccc56)c4cc32)cc1. The lowest BCUT2D eigenvalue weighted by Gasteiger charge is -2.34. The van der Waals surface area contributed by atoms with Crippen LogP contribution in [0.1, 0.15) is 44.5 Å². The van der Waals surface area contributed by atoms with E-state index in [2.05, 4.69) is 504 Å². The fourth-order valence-corrected chi connectivity index (χ4v) is 23.1. The molecule has 26 aromatic rings. The second kappa shape index (κ2) is 28.8. The van der Waals surface area contributed by atoms with Crippen molar-refractivity contribution < 1.29 is 0 Å². The molecule has 0 unspecified atom stereocenters. The van der Waals surface area contributed by atoms with Gasteiger partial charge in [0.25, 0.3) is 0 Å². The minimum absolute atomic E-state index is 0.502. The Morgan fingerprint density at radius 3 is 0.869 bits per heavy atom. The number of hydrogen-bond donors (Lipinski definition) is 0. The van der Waals surface area contributed by atoms with Gasteiger partial charge in [0.05, 0.1) is 66.3 Å². The zero-order chi connectivity index (χ0) is 85.3. The highest BCUT2D eigenvalue weighted by Crippen LogP contribution is 2.60. The fraction of sp³-hybridized carbons (Fsp3) is 0.0159. The monoisotopic (exact) mass is 1650 g/mol. The standard InChI is InChI=1S/2C63H40N2/c1-3-20-46(21-4-1)63(47-22-5-2-6-23-47)56-27-13-11-25-50(56)52-40-62-55(39-57(52)63)54-38-45(32-35-61(54)65(62)58-29-15-19-42-17-9-10-24-49(42)58)44-31-34-60-53(37-44)51-26-12-14-28-59(51)64(60)48-33-30-41-16-7-8-18-43(41)36-48;1-3-20-46(21-4-1)63(47-22-5-2-6-23-47)56-27-13-11-25-50(56)52-39-55-54-38-45(32-35-61(54)65(62(55)40-57(52)63)58-29-15-19-42-17-9-10-24-49(42)58)44-31-34-60-53(37-44)51-26-12-14-28-59(51)64(60)48-33-30-41-16-7-8-18-43(41)36-48/h2*1-40H. The summed E-state index contributed by atoms with van der Waals surface area (Å²) < 4.78 is 9.89. The van der Waals surface area contributed by atoms with Gasteiger partial charge in [-0.15, -0.1) is 0 Å². The number of aromatic nitrogens is 4. The van der Waals surface area contributed by atoms with Crippen molar-refractivity contribution in [1.29, 1.82) is 0 Å². The molecule has 0 saturated carbocycles. The Labute approximate surface area is 751 Å². The lowest BCUT2D eigenvalue weighted by Crippen LogP contribution is -2.28. The van der Waals surface area contributed by atoms with Crippen molar-refractivity contribution in [2.45, 2.75) is 10.8 Å². The molecule has 0 radical (unpaired) electrons. The van der Waals surface area contributed by atoms with E-state index >= 15 is 0 Å². The smallest absolute Gasteiger partial charge is 0.0714 e. The molecule has 0 bridgehead atoms. The molecule has 4 heterocycles. The zero-order valence-corrected chi connectivity index (χ0v) is 71.0. The lowest BCUT2D eigenvalue weighted by atomic mass is 9.67. The topological polar surface area (TPSA) is 19.7 Å². The Morgan fingerprint density at radius 2 is 0.438 bits per heavy atom. The first-order valence-electron chi connectivity index (χ1n) is 45.2. The molecule has 130 heavy (non-hydrogen) atoms. The van der Waals surface area contributed by atoms with Crippen LogP contribution in [0.15, 0.2) is 485 Å². The normalized spacial score (nSPS) is 13.0. The Kier molecular flexibility index (Phi) is 16.3. The van der Waals surface area contributed by atoms with Crippen molar-refractivity contribution in [2.24, 2.45) is 0 Å². The molecule has 4 nitrogen and oxygen atoms in total. The zero-order valence-electron chi connectivity index (χ0n) is 71.0. The Bertz CT molecular complexity index is 9080. The van der Waals surface area contributed by atoms with E-state index in [-0.39, 0.29) is 0 Å². The third-order valence-corrected chi connectivity index (χ3v) is 28.7. The van der Waals surface area contributed by atoms with Crippen molar-refractivity contribution in [3.05, 3.63) is 530 Å². The van der Waals surface area contributed by atoms with Crippen LogP contribution in [-0.4, -0.2) is 18.3 Å². The summed E-state index contributed by atoms with van der Waals surface area (Å²) in [5.41, 5.74) is 33.5. The summed E-state index contributed by atoms with van der Waals surface area (Å²) >= 11 is 0. The van der Waals surface area contributed by atoms with Gasteiger partial charge in [-0.1, -0.05) is 364 Å². The number of rotatable bonds is 10. The number of benzene rings is 22. The third kappa shape index (κ3) is 10.8. The summed E-state index contributed by atoms with van der Waals surface area (Å²) in [6.07, 6.45) is 0. The Morgan fingerprint density at radius 1 is 0.138 bits per heavy atom. The van der Waals surface area contributed by atoms with E-state index in [1.54, 1.807) is 0 Å². The van der Waals surface area contributed by atoms with Gasteiger partial charge in [-0.25, -0.2) is 0 Å². The molecule has 22 aromatic carbocycles. The highest BCUT2D eigenvalue weighted by molar-refractivity contribution is 6.18. The maximum absolute atomic E-state index is 2.54. The average molecular weight is 1650 g/mol. The molecule has 4 aromatic heterocycles. The van der Waals surface area contributed by atoms with E-state index in [9.17, 15) is 0 Å². The number of nitrogens with zero attached hydrogens (tertiary/aromatic N) is 4. The van der Waals surface area contributed by atoms with E-state index in [4.69, 9.17) is 0 Å². The Hall–Kier alpha value is -16.9. The molecular weight excluding hydrogens is 1570 g/mol. The lowest BCUT2D eigenvalue weighted by molar-refractivity contribution is 0.769. The minimum Gasteiger partial charge on any atom is -0.309 e. The van der Waals surface area contributed by atoms with Crippen molar-refractivity contribution in [1.82, 2.24) is 18.3 Å². The molecule has 0 amide bonds. The van der Waals surface area contributed by atoms with Crippen molar-refractivity contribution in [3.63, 3.8) is 0 Å². The van der Waals surface area contributed by atoms with E-state index in [1.165, 1.54) is 242 Å². The van der Waals surface area contributed by atoms with Crippen molar-refractivity contribution in [3.8, 4) is 67.3 Å². The maximum atomic E-state index is 2.54. The number of fused-ring (bicyclic) bond motifs is 22. The fourth-order valence-electron chi connectivity index (χ4n) is 23.1. The summed E-state index contributed by atoms with van der Waals surface area (Å²) in [4.78, 5) is 0. The quantitative estimate of drug-likeness (QED) is 0.130. The van der Waals surface area contributed by atoms with Crippen LogP contribution in [0.2, 0.25) is 0 Å². The van der Waals surface area contributed by atoms with E-state index in [1.807, 2.05) is 0 Å². The van der Waals surface area contributed by atoms with Gasteiger partial charge >= 0.3 is 0 Å². The highest BCUT2D eigenvalue weighted by Gasteiger charge is 2.48. The van der Waals surface area contributed by atoms with E-state index < -0.39 is 10.8 Å². The van der Waals surface area contributed by atoms with Gasteiger partial charge in [0.1, 0.15) is 0 Å². The summed E-state index contributed by atoms with van der Waals surface area (Å²) in [5.74, 6) is 0. The van der Waals surface area contributed by atoms with Crippen LogP contribution < -0.4 is 0 Å². The van der Waals surface area contributed by atoms with Crippen LogP contribution in [0, 0.1) is 0 Å². The first-order valence-corrected chi connectivity index (χ1v) is 45.2. The summed E-state index contributed by atoms with van der Waals surface area (Å²) in [5, 5.41) is 19.8. The second-order valence-corrected chi connectivity index (χ2v) is 35.2. The van der Waals surface area contributed by atoms with Gasteiger partial charge < -0.3 is 18.3 Å². The number of hydrogen-bond acceptors (Lipinski definition) is 0. The van der Waals surface area contributed by atoms with E-state index in [0.29, 0.717) is 0 Å². The Balaban J connectivity index is 0.000000134. The molecule has 0 spiro atoms. The van der Waals surface area contributed by atoms with Crippen molar-refractivity contribution in [2.75, 3.05) is 0 Å². The minimum atomic E-state index is -0.505. The summed E-state index contributed by atoms with van der Waals surface area (Å²) in [6, 6.07) is 181. The molecule has 0 saturated heterocycles. The number of para-hydroxylation sites is 2. The van der Waals surface area contributed by atoms with Crippen molar-refractivity contribution >= 4 is 130 Å². The molecule has 0 aliphatic heterocycles. The summed E-state index contributed by atoms with van der Waals surface area (Å²) in [7, 11) is 0. The second-order valence-electron chi connectivity index (χ2n) is 35.2. The van der Waals surface area contributed by atoms with Crippen LogP contribution in [0.3, 0.4) is 0 Å². The highest BCUT2D eigenvalue weighted by atomic mass is 15.0. The van der Waals surface area contributed by atoms with Gasteiger partial charge in [0, 0.05) is 65.2 Å². The van der Waals surface area contributed by atoms with Crippen LogP contribution in [0.5, 0.6) is 0 Å². The molecule has 0 atom stereocenters. The third-order valence-electron chi connectivity index (χ3n) is 28.7. The predicted octanol–water partition coefficient (Wildman–Crippen LogP) is 32.4. The largest absolute Gasteiger partial charge is 0.309 e. The van der Waals surface area contributed by atoms with Crippen LogP contribution in [-0.2, 0) is 10.8 Å². The molecule has 0 N–H and O–H groups in total. The van der Waals surface area contributed by atoms with Crippen LogP contribution >= 0.6 is 0 Å². The molecule has 2 aliphatic rings. The van der Waals surface area contributed by atoms with Gasteiger partial charge in [0.15, 0.2) is 0 Å². The first kappa shape index (κ1) is 73.4. The van der Waals surface area contributed by atoms with E-state index in [0.717, 1.165) is 0 Å². The van der Waals surface area contributed by atoms with Crippen LogP contribution in [0.25, 0.3) is 198 Å². The van der Waals surface area contributed by atoms with Gasteiger partial charge in [-0.3, -0.25) is 0 Å². The van der Waals surface area contributed by atoms with Crippen LogP contribution in [0.4, 0.5) is 0 Å². The molecule has 0 fully saturated rings. The summed E-state index contributed by atoms with van der Waals surface area (Å²) in [6.45, 7) is 0. The maximum Gasteiger partial charge on any atom is 0.0714 e. The molecule has 4 heteroatoms. The van der Waals surface area contributed by atoms with Gasteiger partial charge in [0.2, 0.25) is 0 Å². The molecular formula is C126H80N4. The first-order chi connectivity index (χ1) is 64.5. The van der Waals surface area contributed by atoms with Gasteiger partial charge in [-0.2, -0.15) is 0 Å². The van der Waals surface area contributed by atoms with Gasteiger partial charge in [-0.05, 0) is 243 Å². The molecule has 28 rings (SSSR count). The molecule has 2 aliphatic carbocycles.